The predicted octanol–water partition coefficient (Wildman–Crippen LogP) is 4.43. The first-order valence-corrected chi connectivity index (χ1v) is 13.8. The highest BCUT2D eigenvalue weighted by Gasteiger charge is 2.41. The molecule has 7 heteroatoms. The molecular weight excluding hydrogens is 424 g/mol. The van der Waals surface area contributed by atoms with Gasteiger partial charge >= 0.3 is 0 Å². The Morgan fingerprint density at radius 1 is 1.03 bits per heavy atom. The van der Waals surface area contributed by atoms with Crippen molar-refractivity contribution in [3.05, 3.63) is 18.0 Å². The van der Waals surface area contributed by atoms with E-state index in [0.717, 1.165) is 35.1 Å². The van der Waals surface area contributed by atoms with Gasteiger partial charge in [0.2, 0.25) is 5.95 Å². The van der Waals surface area contributed by atoms with Gasteiger partial charge in [0.1, 0.15) is 5.65 Å². The van der Waals surface area contributed by atoms with Gasteiger partial charge in [-0.1, -0.05) is 26.2 Å². The van der Waals surface area contributed by atoms with E-state index < -0.39 is 0 Å². The molecule has 2 aromatic heterocycles. The summed E-state index contributed by atoms with van der Waals surface area (Å²) in [5.74, 6) is 0.999. The number of likely N-dealkylation sites (N-methyl/N-ethyl adjacent to an activating group) is 1. The maximum Gasteiger partial charge on any atom is 0.224 e. The standard InChI is InChI=1S/C27H40N6O/c1-2-31-14-16-32(17-15-31)22-8-6-21(7-9-22)29-26-28-19-20-18-23-24(34)10-13-27(11-4-3-5-12-27)33(23)25(20)30-26/h18-19,21-22H,2-17H2,1H3,(H,28,29,30). The Balaban J connectivity index is 1.16. The molecule has 184 valence electrons. The van der Waals surface area contributed by atoms with Crippen LogP contribution in [0.15, 0.2) is 12.3 Å². The van der Waals surface area contributed by atoms with Crippen molar-refractivity contribution in [2.75, 3.05) is 38.0 Å². The van der Waals surface area contributed by atoms with Crippen molar-refractivity contribution >= 4 is 22.8 Å². The lowest BCUT2D eigenvalue weighted by Gasteiger charge is -2.42. The normalized spacial score (nSPS) is 28.3. The van der Waals surface area contributed by atoms with Crippen molar-refractivity contribution in [3.63, 3.8) is 0 Å². The van der Waals surface area contributed by atoms with Crippen LogP contribution in [-0.2, 0) is 5.54 Å². The van der Waals surface area contributed by atoms with E-state index >= 15 is 0 Å². The van der Waals surface area contributed by atoms with Gasteiger partial charge in [0.05, 0.1) is 5.69 Å². The molecule has 2 saturated carbocycles. The van der Waals surface area contributed by atoms with Crippen molar-refractivity contribution in [2.45, 2.75) is 95.2 Å². The minimum atomic E-state index is 0.0781. The van der Waals surface area contributed by atoms with Gasteiger partial charge in [-0.15, -0.1) is 0 Å². The molecule has 7 nitrogen and oxygen atoms in total. The van der Waals surface area contributed by atoms with E-state index in [0.29, 0.717) is 12.5 Å². The number of nitrogens with zero attached hydrogens (tertiary/aromatic N) is 5. The fourth-order valence-corrected chi connectivity index (χ4v) is 7.23. The minimum Gasteiger partial charge on any atom is -0.351 e. The molecule has 1 spiro atoms. The van der Waals surface area contributed by atoms with E-state index in [9.17, 15) is 4.79 Å². The molecule has 2 aliphatic carbocycles. The summed E-state index contributed by atoms with van der Waals surface area (Å²) in [6, 6.07) is 3.21. The Kier molecular flexibility index (Phi) is 6.10. The molecule has 6 rings (SSSR count). The fraction of sp³-hybridized carbons (Fsp3) is 0.741. The molecular formula is C27H40N6O. The number of ketones is 1. The van der Waals surface area contributed by atoms with Crippen LogP contribution in [0.25, 0.3) is 11.0 Å². The molecule has 0 bridgehead atoms. The number of hydrogen-bond acceptors (Lipinski definition) is 6. The van der Waals surface area contributed by atoms with Crippen molar-refractivity contribution in [1.82, 2.24) is 24.3 Å². The second-order valence-electron chi connectivity index (χ2n) is 11.2. The van der Waals surface area contributed by atoms with Gasteiger partial charge in [0, 0.05) is 61.8 Å². The van der Waals surface area contributed by atoms with Gasteiger partial charge in [-0.3, -0.25) is 9.69 Å². The van der Waals surface area contributed by atoms with Crippen molar-refractivity contribution in [2.24, 2.45) is 0 Å². The molecule has 2 aromatic rings. The smallest absolute Gasteiger partial charge is 0.224 e. The maximum absolute atomic E-state index is 12.8. The number of Topliss-reactive ketones (excluding diaryl/α,β-unsaturated/α-hetero) is 1. The Hall–Kier alpha value is -1.99. The highest BCUT2D eigenvalue weighted by Crippen LogP contribution is 2.45. The molecule has 0 radical (unpaired) electrons. The summed E-state index contributed by atoms with van der Waals surface area (Å²) in [4.78, 5) is 27.8. The number of piperazine rings is 1. The molecule has 0 aromatic carbocycles. The Morgan fingerprint density at radius 2 is 1.79 bits per heavy atom. The zero-order valence-electron chi connectivity index (χ0n) is 20.8. The molecule has 1 N–H and O–H groups in total. The van der Waals surface area contributed by atoms with Gasteiger partial charge in [0.25, 0.3) is 0 Å². The van der Waals surface area contributed by atoms with E-state index in [1.165, 1.54) is 90.5 Å². The van der Waals surface area contributed by atoms with E-state index in [1.54, 1.807) is 0 Å². The second kappa shape index (κ2) is 9.23. The summed E-state index contributed by atoms with van der Waals surface area (Å²) in [7, 11) is 0. The average molecular weight is 465 g/mol. The SMILES string of the molecule is CCN1CCN(C2CCC(Nc3ncc4cc5n(c4n3)C3(CCCCC3)CCC5=O)CC2)CC1. The quantitative estimate of drug-likeness (QED) is 0.722. The van der Waals surface area contributed by atoms with Crippen molar-refractivity contribution < 1.29 is 4.79 Å². The Bertz CT molecular complexity index is 1030. The van der Waals surface area contributed by atoms with Crippen molar-refractivity contribution in [1.29, 1.82) is 0 Å². The largest absolute Gasteiger partial charge is 0.351 e. The fourth-order valence-electron chi connectivity index (χ4n) is 7.23. The van der Waals surface area contributed by atoms with E-state index in [1.807, 2.05) is 12.3 Å². The molecule has 0 atom stereocenters. The number of nitrogens with one attached hydrogen (secondary N) is 1. The first-order chi connectivity index (χ1) is 16.6. The van der Waals surface area contributed by atoms with Gasteiger partial charge in [0.15, 0.2) is 5.78 Å². The summed E-state index contributed by atoms with van der Waals surface area (Å²) >= 11 is 0. The van der Waals surface area contributed by atoms with Crippen LogP contribution < -0.4 is 5.32 Å². The second-order valence-corrected chi connectivity index (χ2v) is 11.2. The van der Waals surface area contributed by atoms with E-state index in [2.05, 4.69) is 31.6 Å². The van der Waals surface area contributed by atoms with Gasteiger partial charge in [-0.25, -0.2) is 4.98 Å². The molecule has 3 fully saturated rings. The predicted molar refractivity (Wildman–Crippen MR) is 136 cm³/mol. The van der Waals surface area contributed by atoms with E-state index in [4.69, 9.17) is 4.98 Å². The number of hydrogen-bond donors (Lipinski definition) is 1. The van der Waals surface area contributed by atoms with Gasteiger partial charge < -0.3 is 14.8 Å². The lowest BCUT2D eigenvalue weighted by Crippen LogP contribution is -2.51. The molecule has 34 heavy (non-hydrogen) atoms. The highest BCUT2D eigenvalue weighted by molar-refractivity contribution is 6.00. The highest BCUT2D eigenvalue weighted by atomic mass is 16.1. The molecule has 0 unspecified atom stereocenters. The van der Waals surface area contributed by atoms with Crippen LogP contribution >= 0.6 is 0 Å². The molecule has 1 saturated heterocycles. The summed E-state index contributed by atoms with van der Waals surface area (Å²) in [5, 5.41) is 4.67. The van der Waals surface area contributed by atoms with Gasteiger partial charge in [-0.05, 0) is 57.6 Å². The van der Waals surface area contributed by atoms with Crippen LogP contribution in [0.3, 0.4) is 0 Å². The third kappa shape index (κ3) is 4.05. The number of fused-ring (bicyclic) bond motifs is 4. The van der Waals surface area contributed by atoms with Crippen molar-refractivity contribution in [3.8, 4) is 0 Å². The summed E-state index contributed by atoms with van der Waals surface area (Å²) in [6.07, 6.45) is 14.6. The van der Waals surface area contributed by atoms with Crippen LogP contribution in [0.2, 0.25) is 0 Å². The van der Waals surface area contributed by atoms with Crippen LogP contribution in [0, 0.1) is 0 Å². The lowest BCUT2D eigenvalue weighted by molar-refractivity contribution is 0.0800. The minimum absolute atomic E-state index is 0.0781. The summed E-state index contributed by atoms with van der Waals surface area (Å²) in [5.41, 5.74) is 1.90. The molecule has 4 heterocycles. The zero-order chi connectivity index (χ0) is 23.1. The average Bonchev–Trinajstić information content (AvgIpc) is 3.28. The van der Waals surface area contributed by atoms with Crippen LogP contribution in [0.1, 0.15) is 88.0 Å². The number of carbonyl (C=O) groups excluding carboxylic acids is 1. The topological polar surface area (TPSA) is 66.3 Å². The van der Waals surface area contributed by atoms with Crippen LogP contribution in [-0.4, -0.2) is 74.9 Å². The zero-order valence-corrected chi connectivity index (χ0v) is 20.8. The number of aromatic nitrogens is 3. The first kappa shape index (κ1) is 22.5. The lowest BCUT2D eigenvalue weighted by atomic mass is 9.75. The van der Waals surface area contributed by atoms with Crippen LogP contribution in [0.5, 0.6) is 0 Å². The summed E-state index contributed by atoms with van der Waals surface area (Å²) in [6.45, 7) is 8.31. The molecule has 2 aliphatic heterocycles. The first-order valence-electron chi connectivity index (χ1n) is 13.8. The maximum atomic E-state index is 12.8. The Morgan fingerprint density at radius 3 is 2.53 bits per heavy atom. The third-order valence-electron chi connectivity index (χ3n) is 9.30. The van der Waals surface area contributed by atoms with Gasteiger partial charge in [-0.2, -0.15) is 4.98 Å². The monoisotopic (exact) mass is 464 g/mol. The Labute approximate surface area is 203 Å². The van der Waals surface area contributed by atoms with E-state index in [-0.39, 0.29) is 11.3 Å². The molecule has 0 amide bonds. The number of rotatable bonds is 4. The number of anilines is 1. The summed E-state index contributed by atoms with van der Waals surface area (Å²) < 4.78 is 2.33. The third-order valence-corrected chi connectivity index (χ3v) is 9.30. The van der Waals surface area contributed by atoms with Crippen LogP contribution in [0.4, 0.5) is 5.95 Å². The number of carbonyl (C=O) groups is 1. The molecule has 4 aliphatic rings.